The Morgan fingerprint density at radius 3 is 2.18 bits per heavy atom. The summed E-state index contributed by atoms with van der Waals surface area (Å²) in [7, 11) is -1.18. The zero-order valence-corrected chi connectivity index (χ0v) is 21.3. The smallest absolute Gasteiger partial charge is 0.275 e. The minimum atomic E-state index is -1.18. The van der Waals surface area contributed by atoms with Crippen molar-refractivity contribution in [3.8, 4) is 0 Å². The second-order valence-corrected chi connectivity index (χ2v) is 16.2. The van der Waals surface area contributed by atoms with E-state index in [1.807, 2.05) is 9.58 Å². The molecule has 2 aromatic carbocycles. The van der Waals surface area contributed by atoms with Gasteiger partial charge in [-0.1, -0.05) is 92.5 Å². The standard InChI is InChI=1S/C28H33N3O2Si/c1-34(2,3)19-18-33-21-31-25-20-28(22-10-6-4-7-11-22,23-12-8-5-9-13-23)15-14-24(25)26(29-31)27(32)30-16-17-30/h4-15H,16-21H2,1-3H3. The number of ether oxygens (including phenoxy) is 1. The molecule has 2 heterocycles. The van der Waals surface area contributed by atoms with Crippen LogP contribution in [0, 0.1) is 0 Å². The highest BCUT2D eigenvalue weighted by molar-refractivity contribution is 6.76. The zero-order valence-electron chi connectivity index (χ0n) is 20.3. The summed E-state index contributed by atoms with van der Waals surface area (Å²) >= 11 is 0. The van der Waals surface area contributed by atoms with Gasteiger partial charge in [0.15, 0.2) is 5.69 Å². The average molecular weight is 472 g/mol. The van der Waals surface area contributed by atoms with E-state index < -0.39 is 8.07 Å². The Labute approximate surface area is 203 Å². The number of carbonyl (C=O) groups is 1. The molecule has 0 bridgehead atoms. The van der Waals surface area contributed by atoms with E-state index >= 15 is 0 Å². The summed E-state index contributed by atoms with van der Waals surface area (Å²) in [4.78, 5) is 14.9. The molecular weight excluding hydrogens is 438 g/mol. The van der Waals surface area contributed by atoms with Crippen molar-refractivity contribution in [1.29, 1.82) is 0 Å². The van der Waals surface area contributed by atoms with E-state index in [4.69, 9.17) is 9.84 Å². The summed E-state index contributed by atoms with van der Waals surface area (Å²) in [6, 6.07) is 22.3. The summed E-state index contributed by atoms with van der Waals surface area (Å²) in [5, 5.41) is 4.80. The molecule has 1 aliphatic heterocycles. The van der Waals surface area contributed by atoms with E-state index in [-0.39, 0.29) is 11.3 Å². The van der Waals surface area contributed by atoms with Crippen LogP contribution in [0.4, 0.5) is 0 Å². The Kier molecular flexibility index (Phi) is 6.04. The van der Waals surface area contributed by atoms with Crippen molar-refractivity contribution < 1.29 is 9.53 Å². The quantitative estimate of drug-likeness (QED) is 0.257. The zero-order chi connectivity index (χ0) is 23.8. The Hall–Kier alpha value is -2.96. The van der Waals surface area contributed by atoms with Crippen LogP contribution in [-0.2, 0) is 23.3 Å². The van der Waals surface area contributed by atoms with Crippen LogP contribution in [0.3, 0.4) is 0 Å². The van der Waals surface area contributed by atoms with Gasteiger partial charge in [-0.05, 0) is 17.2 Å². The van der Waals surface area contributed by atoms with E-state index in [2.05, 4.69) is 92.5 Å². The highest BCUT2D eigenvalue weighted by atomic mass is 28.3. The van der Waals surface area contributed by atoms with Gasteiger partial charge in [-0.15, -0.1) is 0 Å². The molecule has 34 heavy (non-hydrogen) atoms. The summed E-state index contributed by atoms with van der Waals surface area (Å²) in [6.45, 7) is 9.78. The molecule has 0 unspecified atom stereocenters. The number of hydrogen-bond donors (Lipinski definition) is 0. The summed E-state index contributed by atoms with van der Waals surface area (Å²) in [5.74, 6) is 0.0219. The summed E-state index contributed by atoms with van der Waals surface area (Å²) in [6.07, 6.45) is 5.10. The first-order valence-electron chi connectivity index (χ1n) is 12.1. The Balaban J connectivity index is 1.54. The van der Waals surface area contributed by atoms with Gasteiger partial charge in [0.2, 0.25) is 0 Å². The second-order valence-electron chi connectivity index (χ2n) is 10.6. The van der Waals surface area contributed by atoms with Crippen LogP contribution in [0.15, 0.2) is 66.7 Å². The Morgan fingerprint density at radius 1 is 1.00 bits per heavy atom. The normalized spacial score (nSPS) is 16.4. The first-order valence-corrected chi connectivity index (χ1v) is 15.9. The number of allylic oxidation sites excluding steroid dienone is 1. The number of amides is 1. The van der Waals surface area contributed by atoms with Crippen LogP contribution < -0.4 is 0 Å². The van der Waals surface area contributed by atoms with Crippen LogP contribution in [-0.4, -0.2) is 48.4 Å². The maximum Gasteiger partial charge on any atom is 0.275 e. The number of aromatic nitrogens is 2. The average Bonchev–Trinajstić information content (AvgIpc) is 3.64. The van der Waals surface area contributed by atoms with E-state index in [1.165, 1.54) is 11.1 Å². The molecule has 2 aliphatic rings. The van der Waals surface area contributed by atoms with E-state index in [9.17, 15) is 4.79 Å². The molecule has 176 valence electrons. The van der Waals surface area contributed by atoms with Gasteiger partial charge in [-0.2, -0.15) is 5.10 Å². The third kappa shape index (κ3) is 4.52. The summed E-state index contributed by atoms with van der Waals surface area (Å²) < 4.78 is 8.03. The predicted molar refractivity (Wildman–Crippen MR) is 139 cm³/mol. The third-order valence-electron chi connectivity index (χ3n) is 6.80. The molecular formula is C28H33N3O2Si. The van der Waals surface area contributed by atoms with Crippen LogP contribution in [0.2, 0.25) is 25.7 Å². The van der Waals surface area contributed by atoms with Crippen LogP contribution in [0.1, 0.15) is 32.9 Å². The lowest BCUT2D eigenvalue weighted by molar-refractivity contribution is 0.0748. The largest absolute Gasteiger partial charge is 0.360 e. The number of hydrogen-bond acceptors (Lipinski definition) is 3. The predicted octanol–water partition coefficient (Wildman–Crippen LogP) is 5.21. The number of rotatable bonds is 8. The highest BCUT2D eigenvalue weighted by Gasteiger charge is 2.39. The van der Waals surface area contributed by atoms with Gasteiger partial charge in [-0.25, -0.2) is 4.68 Å². The van der Waals surface area contributed by atoms with Gasteiger partial charge in [-0.3, -0.25) is 4.79 Å². The van der Waals surface area contributed by atoms with Crippen molar-refractivity contribution in [2.45, 2.75) is 44.3 Å². The van der Waals surface area contributed by atoms with Gasteiger partial charge in [0.05, 0.1) is 5.69 Å². The number of nitrogens with zero attached hydrogens (tertiary/aromatic N) is 3. The van der Waals surface area contributed by atoms with Crippen LogP contribution >= 0.6 is 0 Å². The molecule has 0 N–H and O–H groups in total. The van der Waals surface area contributed by atoms with Crippen molar-refractivity contribution in [3.05, 3.63) is 94.8 Å². The molecule has 0 saturated carbocycles. The summed E-state index contributed by atoms with van der Waals surface area (Å²) in [5.41, 5.74) is 4.68. The molecule has 1 saturated heterocycles. The number of benzene rings is 2. The Bertz CT molecular complexity index is 1150. The molecule has 1 aromatic heterocycles. The lowest BCUT2D eigenvalue weighted by Crippen LogP contribution is -2.32. The molecule has 5 nitrogen and oxygen atoms in total. The van der Waals surface area contributed by atoms with E-state index in [0.29, 0.717) is 12.4 Å². The lowest BCUT2D eigenvalue weighted by atomic mass is 9.68. The first kappa shape index (κ1) is 22.8. The molecule has 1 aliphatic carbocycles. The van der Waals surface area contributed by atoms with Gasteiger partial charge in [0.25, 0.3) is 5.91 Å². The van der Waals surface area contributed by atoms with Crippen LogP contribution in [0.5, 0.6) is 0 Å². The van der Waals surface area contributed by atoms with Crippen molar-refractivity contribution >= 4 is 20.1 Å². The molecule has 3 aromatic rings. The van der Waals surface area contributed by atoms with Gasteiger partial charge in [0, 0.05) is 45.2 Å². The van der Waals surface area contributed by atoms with Gasteiger partial charge in [0.1, 0.15) is 6.73 Å². The minimum absolute atomic E-state index is 0.0219. The molecule has 1 amide bonds. The molecule has 1 fully saturated rings. The number of carbonyl (C=O) groups excluding carboxylic acids is 1. The third-order valence-corrected chi connectivity index (χ3v) is 8.51. The van der Waals surface area contributed by atoms with Crippen molar-refractivity contribution in [2.24, 2.45) is 0 Å². The maximum absolute atomic E-state index is 13.0. The fraction of sp³-hybridized carbons (Fsp3) is 0.357. The van der Waals surface area contributed by atoms with Gasteiger partial charge < -0.3 is 9.64 Å². The minimum Gasteiger partial charge on any atom is -0.360 e. The molecule has 0 spiro atoms. The maximum atomic E-state index is 13.0. The Morgan fingerprint density at radius 2 is 1.62 bits per heavy atom. The van der Waals surface area contributed by atoms with Crippen LogP contribution in [0.25, 0.3) is 6.08 Å². The highest BCUT2D eigenvalue weighted by Crippen LogP contribution is 2.42. The molecule has 0 radical (unpaired) electrons. The molecule has 0 atom stereocenters. The monoisotopic (exact) mass is 471 g/mol. The topological polar surface area (TPSA) is 47.1 Å². The molecule has 5 rings (SSSR count). The fourth-order valence-electron chi connectivity index (χ4n) is 4.65. The number of fused-ring (bicyclic) bond motifs is 1. The molecule has 6 heteroatoms. The first-order chi connectivity index (χ1) is 16.4. The fourth-order valence-corrected chi connectivity index (χ4v) is 5.41. The van der Waals surface area contributed by atoms with Crippen molar-refractivity contribution in [3.63, 3.8) is 0 Å². The van der Waals surface area contributed by atoms with Gasteiger partial charge >= 0.3 is 0 Å². The van der Waals surface area contributed by atoms with Crippen molar-refractivity contribution in [1.82, 2.24) is 14.7 Å². The SMILES string of the molecule is C[Si](C)(C)CCOCn1nc(C(=O)N2CC2)c2c1CC(c1ccccc1)(c1ccccc1)C=C2. The second kappa shape index (κ2) is 9.00. The van der Waals surface area contributed by atoms with E-state index in [0.717, 1.165) is 43.4 Å². The van der Waals surface area contributed by atoms with E-state index in [1.54, 1.807) is 0 Å². The van der Waals surface area contributed by atoms with Crippen molar-refractivity contribution in [2.75, 3.05) is 19.7 Å². The lowest BCUT2D eigenvalue weighted by Gasteiger charge is -2.35.